The zero-order valence-corrected chi connectivity index (χ0v) is 17.3. The fourth-order valence-electron chi connectivity index (χ4n) is 3.32. The molecule has 2 amide bonds. The van der Waals surface area contributed by atoms with Crippen LogP contribution in [0.4, 0.5) is 17.1 Å². The fourth-order valence-corrected chi connectivity index (χ4v) is 3.51. The van der Waals surface area contributed by atoms with Crippen LogP contribution in [-0.4, -0.2) is 60.5 Å². The van der Waals surface area contributed by atoms with E-state index < -0.39 is 5.97 Å². The lowest BCUT2D eigenvalue weighted by molar-refractivity contribution is -0.117. The molecule has 9 heteroatoms. The summed E-state index contributed by atoms with van der Waals surface area (Å²) in [5, 5.41) is 15.3. The van der Waals surface area contributed by atoms with E-state index in [1.807, 2.05) is 11.0 Å². The average molecular weight is 431 g/mol. The van der Waals surface area contributed by atoms with E-state index in [4.69, 9.17) is 11.6 Å². The van der Waals surface area contributed by atoms with Gasteiger partial charge in [-0.15, -0.1) is 0 Å². The number of benzene rings is 2. The Morgan fingerprint density at radius 1 is 1.00 bits per heavy atom. The number of nitrogens with zero attached hydrogens (tertiary/aromatic N) is 2. The van der Waals surface area contributed by atoms with Crippen LogP contribution < -0.4 is 15.5 Å². The Kier molecular flexibility index (Phi) is 6.91. The van der Waals surface area contributed by atoms with E-state index in [1.54, 1.807) is 36.4 Å². The molecular formula is C21H23ClN4O4. The van der Waals surface area contributed by atoms with Crippen molar-refractivity contribution in [1.29, 1.82) is 0 Å². The molecule has 0 bridgehead atoms. The van der Waals surface area contributed by atoms with E-state index in [1.165, 1.54) is 6.92 Å². The Balaban J connectivity index is 1.58. The molecule has 3 N–H and O–H groups in total. The van der Waals surface area contributed by atoms with Gasteiger partial charge in [-0.1, -0.05) is 23.7 Å². The molecule has 0 radical (unpaired) electrons. The second kappa shape index (κ2) is 9.60. The summed E-state index contributed by atoms with van der Waals surface area (Å²) in [5.41, 5.74) is 1.67. The topological polar surface area (TPSA) is 102 Å². The molecule has 8 nitrogen and oxygen atoms in total. The van der Waals surface area contributed by atoms with Gasteiger partial charge in [-0.2, -0.15) is 0 Å². The van der Waals surface area contributed by atoms with E-state index in [0.29, 0.717) is 36.9 Å². The maximum absolute atomic E-state index is 12.3. The SMILES string of the molecule is CC(=O)Nc1ccc(N2CCN(CC(=O)Nc3ccccc3Cl)CC2)cc1C(=O)O. The van der Waals surface area contributed by atoms with Crippen molar-refractivity contribution in [2.24, 2.45) is 0 Å². The number of anilines is 3. The number of piperazine rings is 1. The van der Waals surface area contributed by atoms with Crippen LogP contribution >= 0.6 is 11.6 Å². The normalized spacial score (nSPS) is 14.3. The summed E-state index contributed by atoms with van der Waals surface area (Å²) in [7, 11) is 0. The van der Waals surface area contributed by atoms with Crippen LogP contribution in [0.1, 0.15) is 17.3 Å². The van der Waals surface area contributed by atoms with Gasteiger partial charge in [-0.3, -0.25) is 14.5 Å². The minimum absolute atomic E-state index is 0.0456. The number of carbonyl (C=O) groups is 3. The molecule has 1 aliphatic rings. The molecule has 1 fully saturated rings. The molecule has 3 rings (SSSR count). The lowest BCUT2D eigenvalue weighted by Gasteiger charge is -2.36. The predicted molar refractivity (Wildman–Crippen MR) is 116 cm³/mol. The highest BCUT2D eigenvalue weighted by atomic mass is 35.5. The molecule has 0 spiro atoms. The number of nitrogens with one attached hydrogen (secondary N) is 2. The van der Waals surface area contributed by atoms with Crippen molar-refractivity contribution in [3.8, 4) is 0 Å². The minimum Gasteiger partial charge on any atom is -0.478 e. The van der Waals surface area contributed by atoms with E-state index in [9.17, 15) is 19.5 Å². The predicted octanol–water partition coefficient (Wildman–Crippen LogP) is 2.76. The monoisotopic (exact) mass is 430 g/mol. The fraction of sp³-hybridized carbons (Fsp3) is 0.286. The van der Waals surface area contributed by atoms with Crippen LogP contribution in [0.2, 0.25) is 5.02 Å². The lowest BCUT2D eigenvalue weighted by Crippen LogP contribution is -2.48. The van der Waals surface area contributed by atoms with Crippen LogP contribution in [0.15, 0.2) is 42.5 Å². The van der Waals surface area contributed by atoms with Crippen molar-refractivity contribution in [3.63, 3.8) is 0 Å². The maximum atomic E-state index is 12.3. The van der Waals surface area contributed by atoms with E-state index in [0.717, 1.165) is 5.69 Å². The number of rotatable bonds is 6. The second-order valence-corrected chi connectivity index (χ2v) is 7.41. The van der Waals surface area contributed by atoms with Crippen LogP contribution in [0, 0.1) is 0 Å². The second-order valence-electron chi connectivity index (χ2n) is 7.01. The van der Waals surface area contributed by atoms with Gasteiger partial charge in [-0.25, -0.2) is 4.79 Å². The lowest BCUT2D eigenvalue weighted by atomic mass is 10.1. The first-order valence-electron chi connectivity index (χ1n) is 9.50. The zero-order chi connectivity index (χ0) is 21.7. The molecule has 1 aliphatic heterocycles. The summed E-state index contributed by atoms with van der Waals surface area (Å²) in [6.07, 6.45) is 0. The minimum atomic E-state index is -1.10. The quantitative estimate of drug-likeness (QED) is 0.651. The van der Waals surface area contributed by atoms with Crippen molar-refractivity contribution in [2.75, 3.05) is 48.3 Å². The summed E-state index contributed by atoms with van der Waals surface area (Å²) >= 11 is 6.07. The summed E-state index contributed by atoms with van der Waals surface area (Å²) in [6.45, 7) is 4.20. The van der Waals surface area contributed by atoms with Gasteiger partial charge in [-0.05, 0) is 30.3 Å². The molecule has 0 aromatic heterocycles. The number of para-hydroxylation sites is 1. The smallest absolute Gasteiger partial charge is 0.337 e. The number of carbonyl (C=O) groups excluding carboxylic acids is 2. The van der Waals surface area contributed by atoms with Crippen LogP contribution in [0.25, 0.3) is 0 Å². The number of carboxylic acids is 1. The Morgan fingerprint density at radius 3 is 2.33 bits per heavy atom. The van der Waals surface area contributed by atoms with Gasteiger partial charge in [0.05, 0.1) is 28.5 Å². The molecule has 30 heavy (non-hydrogen) atoms. The van der Waals surface area contributed by atoms with Gasteiger partial charge in [0, 0.05) is 38.8 Å². The van der Waals surface area contributed by atoms with Crippen molar-refractivity contribution in [1.82, 2.24) is 4.90 Å². The molecule has 1 saturated heterocycles. The molecule has 0 atom stereocenters. The first-order valence-corrected chi connectivity index (χ1v) is 9.88. The highest BCUT2D eigenvalue weighted by Gasteiger charge is 2.21. The Bertz CT molecular complexity index is 958. The third-order valence-corrected chi connectivity index (χ3v) is 5.13. The molecule has 0 aliphatic carbocycles. The highest BCUT2D eigenvalue weighted by Crippen LogP contribution is 2.25. The Hall–Kier alpha value is -3.10. The number of carboxylic acid groups (broad SMARTS) is 1. The van der Waals surface area contributed by atoms with Crippen molar-refractivity contribution in [2.45, 2.75) is 6.92 Å². The van der Waals surface area contributed by atoms with Crippen LogP contribution in [0.3, 0.4) is 0 Å². The van der Waals surface area contributed by atoms with Gasteiger partial charge in [0.15, 0.2) is 0 Å². The first kappa shape index (κ1) is 21.6. The Labute approximate surface area is 179 Å². The third kappa shape index (κ3) is 5.49. The van der Waals surface area contributed by atoms with E-state index in [2.05, 4.69) is 15.5 Å². The summed E-state index contributed by atoms with van der Waals surface area (Å²) in [6, 6.07) is 12.0. The van der Waals surface area contributed by atoms with E-state index >= 15 is 0 Å². The van der Waals surface area contributed by atoms with Crippen molar-refractivity contribution < 1.29 is 19.5 Å². The summed E-state index contributed by atoms with van der Waals surface area (Å²) in [5.74, 6) is -1.56. The van der Waals surface area contributed by atoms with E-state index in [-0.39, 0.29) is 29.6 Å². The van der Waals surface area contributed by atoms with Crippen molar-refractivity contribution >= 4 is 46.4 Å². The van der Waals surface area contributed by atoms with Gasteiger partial charge in [0.1, 0.15) is 0 Å². The van der Waals surface area contributed by atoms with Crippen LogP contribution in [-0.2, 0) is 9.59 Å². The molecule has 2 aromatic carbocycles. The molecule has 1 heterocycles. The summed E-state index contributed by atoms with van der Waals surface area (Å²) < 4.78 is 0. The van der Waals surface area contributed by atoms with Gasteiger partial charge >= 0.3 is 5.97 Å². The first-order chi connectivity index (χ1) is 14.3. The van der Waals surface area contributed by atoms with Gasteiger partial charge < -0.3 is 20.6 Å². The highest BCUT2D eigenvalue weighted by molar-refractivity contribution is 6.33. The number of halogens is 1. The van der Waals surface area contributed by atoms with Crippen molar-refractivity contribution in [3.05, 3.63) is 53.1 Å². The maximum Gasteiger partial charge on any atom is 0.337 e. The zero-order valence-electron chi connectivity index (χ0n) is 16.5. The molecule has 158 valence electrons. The van der Waals surface area contributed by atoms with Gasteiger partial charge in [0.25, 0.3) is 0 Å². The number of aromatic carboxylic acids is 1. The number of hydrogen-bond acceptors (Lipinski definition) is 5. The largest absolute Gasteiger partial charge is 0.478 e. The standard InChI is InChI=1S/C21H23ClN4O4/c1-14(27)23-18-7-6-15(12-16(18)21(29)30)26-10-8-25(9-11-26)13-20(28)24-19-5-3-2-4-17(19)22/h2-7,12H,8-11,13H2,1H3,(H,23,27)(H,24,28)(H,29,30). The van der Waals surface area contributed by atoms with Gasteiger partial charge in [0.2, 0.25) is 11.8 Å². The van der Waals surface area contributed by atoms with Crippen LogP contribution in [0.5, 0.6) is 0 Å². The molecule has 2 aromatic rings. The molecule has 0 unspecified atom stereocenters. The Morgan fingerprint density at radius 2 is 1.70 bits per heavy atom. The number of amides is 2. The molecular weight excluding hydrogens is 408 g/mol. The summed E-state index contributed by atoms with van der Waals surface area (Å²) in [4.78, 5) is 39.2. The number of hydrogen-bond donors (Lipinski definition) is 3. The third-order valence-electron chi connectivity index (χ3n) is 4.80. The average Bonchev–Trinajstić information content (AvgIpc) is 2.70. The molecule has 0 saturated carbocycles.